The molecule has 324 valence electrons. The number of aliphatic hydroxyl groups excluding tert-OH is 3. The fourth-order valence-corrected chi connectivity index (χ4v) is 9.32. The van der Waals surface area contributed by atoms with Crippen LogP contribution in [0.1, 0.15) is 68.6 Å². The highest BCUT2D eigenvalue weighted by atomic mass is 16.7. The molecule has 0 radical (unpaired) electrons. The molecular formula is C45H36O18. The second-order valence-electron chi connectivity index (χ2n) is 15.9. The molecule has 2 bridgehead atoms. The third-order valence-electron chi connectivity index (χ3n) is 12.2. The van der Waals surface area contributed by atoms with Crippen LogP contribution in [0.5, 0.6) is 86.2 Å². The van der Waals surface area contributed by atoms with Crippen molar-refractivity contribution in [3.63, 3.8) is 0 Å². The fourth-order valence-electron chi connectivity index (χ4n) is 9.32. The van der Waals surface area contributed by atoms with Crippen LogP contribution in [-0.2, 0) is 12.2 Å². The van der Waals surface area contributed by atoms with Crippen LogP contribution in [0.25, 0.3) is 0 Å². The van der Waals surface area contributed by atoms with Gasteiger partial charge in [-0.15, -0.1) is 0 Å². The van der Waals surface area contributed by atoms with E-state index in [-0.39, 0.29) is 73.9 Å². The normalized spacial score (nSPS) is 25.2. The van der Waals surface area contributed by atoms with E-state index in [9.17, 15) is 71.5 Å². The van der Waals surface area contributed by atoms with Crippen LogP contribution in [-0.4, -0.2) is 89.8 Å². The fraction of sp³-hybridized carbons (Fsp3) is 0.200. The third kappa shape index (κ3) is 5.68. The zero-order chi connectivity index (χ0) is 44.5. The molecule has 18 nitrogen and oxygen atoms in total. The van der Waals surface area contributed by atoms with Gasteiger partial charge in [0.25, 0.3) is 0 Å². The highest BCUT2D eigenvalue weighted by Gasteiger charge is 2.61. The lowest BCUT2D eigenvalue weighted by atomic mass is 9.71. The van der Waals surface area contributed by atoms with Crippen molar-refractivity contribution in [1.82, 2.24) is 0 Å². The molecule has 4 aliphatic heterocycles. The average molecular weight is 865 g/mol. The van der Waals surface area contributed by atoms with Crippen molar-refractivity contribution >= 4 is 0 Å². The molecule has 63 heavy (non-hydrogen) atoms. The molecule has 0 aromatic heterocycles. The Hall–Kier alpha value is -7.80. The van der Waals surface area contributed by atoms with Crippen LogP contribution in [0.4, 0.5) is 0 Å². The minimum atomic E-state index is -2.31. The Kier molecular flexibility index (Phi) is 8.49. The lowest BCUT2D eigenvalue weighted by Gasteiger charge is -2.51. The Morgan fingerprint density at radius 3 is 1.62 bits per heavy atom. The predicted octanol–water partition coefficient (Wildman–Crippen LogP) is 4.24. The van der Waals surface area contributed by atoms with Crippen molar-refractivity contribution in [2.45, 2.75) is 54.6 Å². The number of aromatic hydroxyl groups is 11. The topological polar surface area (TPSA) is 320 Å². The number of phenolic OH excluding ortho intramolecular Hbond substituents is 11. The molecule has 0 saturated heterocycles. The van der Waals surface area contributed by atoms with E-state index in [0.717, 1.165) is 60.7 Å². The summed E-state index contributed by atoms with van der Waals surface area (Å²) in [5, 5.41) is 155. The molecular weight excluding hydrogens is 828 g/mol. The Morgan fingerprint density at radius 1 is 0.444 bits per heavy atom. The summed E-state index contributed by atoms with van der Waals surface area (Å²) in [6.07, 6.45) is -8.29. The van der Waals surface area contributed by atoms with Crippen LogP contribution in [0.2, 0.25) is 0 Å². The summed E-state index contributed by atoms with van der Waals surface area (Å²) < 4.78 is 25.6. The molecule has 14 N–H and O–H groups in total. The smallest absolute Gasteiger partial charge is 0.305 e. The number of ether oxygens (including phenoxy) is 4. The van der Waals surface area contributed by atoms with Gasteiger partial charge in [-0.2, -0.15) is 0 Å². The molecule has 0 saturated carbocycles. The minimum Gasteiger partial charge on any atom is -0.508 e. The Labute approximate surface area is 354 Å². The molecule has 0 amide bonds. The van der Waals surface area contributed by atoms with Crippen LogP contribution < -0.4 is 18.9 Å². The van der Waals surface area contributed by atoms with Gasteiger partial charge in [0.15, 0.2) is 40.6 Å². The molecule has 10 rings (SSSR count). The van der Waals surface area contributed by atoms with Gasteiger partial charge in [-0.1, -0.05) is 12.1 Å². The van der Waals surface area contributed by atoms with Crippen LogP contribution in [0.15, 0.2) is 78.9 Å². The first-order valence-electron chi connectivity index (χ1n) is 19.3. The molecule has 4 heterocycles. The van der Waals surface area contributed by atoms with E-state index in [1.807, 2.05) is 0 Å². The van der Waals surface area contributed by atoms with E-state index in [1.54, 1.807) is 0 Å². The molecule has 0 unspecified atom stereocenters. The Bertz CT molecular complexity index is 2910. The highest BCUT2D eigenvalue weighted by molar-refractivity contribution is 5.72. The largest absolute Gasteiger partial charge is 0.508 e. The second-order valence-corrected chi connectivity index (χ2v) is 15.9. The molecule has 4 aliphatic rings. The van der Waals surface area contributed by atoms with Gasteiger partial charge in [-0.25, -0.2) is 0 Å². The predicted molar refractivity (Wildman–Crippen MR) is 212 cm³/mol. The van der Waals surface area contributed by atoms with E-state index in [0.29, 0.717) is 0 Å². The average Bonchev–Trinajstić information content (AvgIpc) is 3.22. The Morgan fingerprint density at radius 2 is 0.984 bits per heavy atom. The van der Waals surface area contributed by atoms with Gasteiger partial charge in [0.2, 0.25) is 0 Å². The monoisotopic (exact) mass is 864 g/mol. The maximum absolute atomic E-state index is 12.5. The minimum absolute atomic E-state index is 0.0325. The number of aliphatic hydroxyl groups is 3. The number of rotatable bonds is 4. The van der Waals surface area contributed by atoms with Crippen LogP contribution in [0.3, 0.4) is 0 Å². The van der Waals surface area contributed by atoms with Gasteiger partial charge in [0, 0.05) is 64.1 Å². The number of hydrogen-bond donors (Lipinski definition) is 14. The molecule has 6 aromatic rings. The second kappa shape index (κ2) is 13.6. The molecule has 18 heteroatoms. The summed E-state index contributed by atoms with van der Waals surface area (Å²) in [6.45, 7) is 0. The first-order valence-corrected chi connectivity index (χ1v) is 19.3. The van der Waals surface area contributed by atoms with Gasteiger partial charge in [0.1, 0.15) is 70.1 Å². The first kappa shape index (κ1) is 39.3. The van der Waals surface area contributed by atoms with Crippen molar-refractivity contribution in [2.24, 2.45) is 0 Å². The molecule has 0 spiro atoms. The third-order valence-corrected chi connectivity index (χ3v) is 12.2. The van der Waals surface area contributed by atoms with E-state index in [4.69, 9.17) is 18.9 Å². The van der Waals surface area contributed by atoms with Crippen molar-refractivity contribution in [3.8, 4) is 86.2 Å². The quantitative estimate of drug-likeness (QED) is 0.110. The summed E-state index contributed by atoms with van der Waals surface area (Å²) in [4.78, 5) is 0. The van der Waals surface area contributed by atoms with Crippen molar-refractivity contribution in [3.05, 3.63) is 123 Å². The first-order chi connectivity index (χ1) is 30.0. The summed E-state index contributed by atoms with van der Waals surface area (Å²) in [7, 11) is 0. The van der Waals surface area contributed by atoms with E-state index >= 15 is 0 Å². The van der Waals surface area contributed by atoms with Gasteiger partial charge in [0.05, 0.1) is 17.9 Å². The zero-order valence-electron chi connectivity index (χ0n) is 32.1. The summed E-state index contributed by atoms with van der Waals surface area (Å²) in [5.74, 6) is -12.6. The SMILES string of the molecule is Oc1cc(O)c2c(c1)O[C@]1(c3ccc(O)c(O)c3)Oc3cc(O)c4c(c3[C@H]2[C@H]1O)O[C@H](c1ccc(O)c(O)c1)[C@H](O)[C@@H]4c1c(O)cc(O)c2c1O[C@H](c1ccc(O)c(O)c1)[C@H](O)C2. The number of benzene rings is 6. The molecule has 8 atom stereocenters. The maximum Gasteiger partial charge on any atom is 0.305 e. The van der Waals surface area contributed by atoms with Crippen molar-refractivity contribution in [2.75, 3.05) is 0 Å². The number of hydrogen-bond acceptors (Lipinski definition) is 18. The summed E-state index contributed by atoms with van der Waals surface area (Å²) in [5.41, 5.74) is -0.583. The van der Waals surface area contributed by atoms with Crippen molar-refractivity contribution < 1.29 is 90.4 Å². The lowest BCUT2D eigenvalue weighted by Crippen LogP contribution is -2.57. The van der Waals surface area contributed by atoms with E-state index in [1.165, 1.54) is 18.2 Å². The zero-order valence-corrected chi connectivity index (χ0v) is 32.1. The van der Waals surface area contributed by atoms with Gasteiger partial charge in [-0.3, -0.25) is 0 Å². The van der Waals surface area contributed by atoms with Gasteiger partial charge >= 0.3 is 5.79 Å². The Balaban J connectivity index is 1.25. The van der Waals surface area contributed by atoms with Crippen molar-refractivity contribution in [1.29, 1.82) is 0 Å². The lowest BCUT2D eigenvalue weighted by molar-refractivity contribution is -0.219. The standard InChI is InChI=1S/C45H36O18/c46-18-10-27(54)33-31(11-18)62-45(17-3-6-22(49)26(53)9-17)44(59)38(33)36-32(63-45)14-29(56)35-37(39(58)41(61-43(35)36)16-2-5-21(48)25(52)8-16)34-28(55)13-23(50)19-12-30(57)40(60-42(19)34)15-1-4-20(47)24(51)7-15/h1-11,13-14,30,37-41,44,46-59H,12H2/t30-,37-,38+,39-,40-,41-,44-,45-/m1/s1. The molecule has 6 aromatic carbocycles. The van der Waals surface area contributed by atoms with Gasteiger partial charge < -0.3 is 90.4 Å². The summed E-state index contributed by atoms with van der Waals surface area (Å²) in [6, 6.07) is 14.8. The van der Waals surface area contributed by atoms with E-state index < -0.39 is 111 Å². The van der Waals surface area contributed by atoms with Crippen LogP contribution in [0, 0.1) is 0 Å². The number of fused-ring (bicyclic) bond motifs is 9. The van der Waals surface area contributed by atoms with Gasteiger partial charge in [-0.05, 0) is 53.6 Å². The van der Waals surface area contributed by atoms with Crippen LogP contribution >= 0.6 is 0 Å². The number of phenols is 11. The van der Waals surface area contributed by atoms with E-state index in [2.05, 4.69) is 0 Å². The molecule has 0 aliphatic carbocycles. The molecule has 0 fully saturated rings. The maximum atomic E-state index is 12.5. The highest BCUT2D eigenvalue weighted by Crippen LogP contribution is 2.65. The summed E-state index contributed by atoms with van der Waals surface area (Å²) >= 11 is 0.